The molecule has 5 nitrogen and oxygen atoms in total. The van der Waals surface area contributed by atoms with Crippen molar-refractivity contribution >= 4 is 23.1 Å². The molecule has 0 radical (unpaired) electrons. The molecule has 0 spiro atoms. The lowest BCUT2D eigenvalue weighted by atomic mass is 9.89. The van der Waals surface area contributed by atoms with E-state index in [4.69, 9.17) is 4.42 Å². The van der Waals surface area contributed by atoms with E-state index in [0.717, 1.165) is 48.3 Å². The van der Waals surface area contributed by atoms with Gasteiger partial charge in [-0.1, -0.05) is 12.1 Å². The van der Waals surface area contributed by atoms with E-state index in [-0.39, 0.29) is 22.8 Å². The number of furan rings is 1. The van der Waals surface area contributed by atoms with Gasteiger partial charge in [0.05, 0.1) is 11.3 Å². The number of benzene rings is 2. The molecule has 2 aromatic carbocycles. The van der Waals surface area contributed by atoms with Crippen molar-refractivity contribution in [2.24, 2.45) is 0 Å². The number of carbonyl (C=O) groups is 2. The second kappa shape index (κ2) is 7.99. The Balaban J connectivity index is 1.70. The third-order valence-electron chi connectivity index (χ3n) is 6.27. The second-order valence-corrected chi connectivity index (χ2v) is 8.40. The Labute approximate surface area is 188 Å². The van der Waals surface area contributed by atoms with Gasteiger partial charge in [0.1, 0.15) is 35.0 Å². The number of hydrogen-bond donors (Lipinski definition) is 1. The van der Waals surface area contributed by atoms with Gasteiger partial charge in [0, 0.05) is 11.6 Å². The van der Waals surface area contributed by atoms with E-state index in [9.17, 15) is 23.5 Å². The zero-order chi connectivity index (χ0) is 23.3. The predicted octanol–water partition coefficient (Wildman–Crippen LogP) is 5.37. The van der Waals surface area contributed by atoms with E-state index in [1.807, 2.05) is 12.1 Å². The Morgan fingerprint density at radius 3 is 2.45 bits per heavy atom. The topological polar surface area (TPSA) is 70.8 Å². The first-order chi connectivity index (χ1) is 15.8. The highest BCUT2D eigenvalue weighted by atomic mass is 19.1. The van der Waals surface area contributed by atoms with Crippen LogP contribution in [0.15, 0.2) is 58.5 Å². The summed E-state index contributed by atoms with van der Waals surface area (Å²) in [6.07, 6.45) is 3.96. The van der Waals surface area contributed by atoms with Gasteiger partial charge in [0.25, 0.3) is 11.7 Å². The first-order valence-corrected chi connectivity index (χ1v) is 10.8. The summed E-state index contributed by atoms with van der Waals surface area (Å²) in [5, 5.41) is 11.2. The molecule has 1 aromatic heterocycles. The third-order valence-corrected chi connectivity index (χ3v) is 6.27. The number of fused-ring (bicyclic) bond motifs is 1. The van der Waals surface area contributed by atoms with E-state index in [2.05, 4.69) is 0 Å². The molecule has 2 aliphatic rings. The third kappa shape index (κ3) is 3.53. The number of aliphatic hydroxyl groups excluding tert-OH is 1. The first-order valence-electron chi connectivity index (χ1n) is 10.8. The fraction of sp³-hybridized carbons (Fsp3) is 0.231. The van der Waals surface area contributed by atoms with Crippen LogP contribution < -0.4 is 4.90 Å². The van der Waals surface area contributed by atoms with E-state index >= 15 is 0 Å². The summed E-state index contributed by atoms with van der Waals surface area (Å²) < 4.78 is 33.9. The van der Waals surface area contributed by atoms with Gasteiger partial charge in [0.2, 0.25) is 0 Å². The molecule has 0 saturated carbocycles. The molecule has 1 aliphatic heterocycles. The largest absolute Gasteiger partial charge is 0.507 e. The number of anilines is 1. The summed E-state index contributed by atoms with van der Waals surface area (Å²) >= 11 is 0. The SMILES string of the molecule is Cc1ccc(C2/C(=C(/O)c3ccc4c(c3)CCCC4)C(=O)C(=O)N2c2ccc(F)cc2F)o1. The van der Waals surface area contributed by atoms with Crippen molar-refractivity contribution in [3.63, 3.8) is 0 Å². The van der Waals surface area contributed by atoms with E-state index in [1.165, 1.54) is 5.56 Å². The Bertz CT molecular complexity index is 1320. The lowest BCUT2D eigenvalue weighted by molar-refractivity contribution is -0.132. The highest BCUT2D eigenvalue weighted by Crippen LogP contribution is 2.43. The van der Waals surface area contributed by atoms with Crippen LogP contribution >= 0.6 is 0 Å². The summed E-state index contributed by atoms with van der Waals surface area (Å²) in [5.74, 6) is -3.46. The molecule has 5 rings (SSSR count). The maximum Gasteiger partial charge on any atom is 0.300 e. The monoisotopic (exact) mass is 449 g/mol. The van der Waals surface area contributed by atoms with Crippen molar-refractivity contribution in [3.05, 3.63) is 93.9 Å². The highest BCUT2D eigenvalue weighted by Gasteiger charge is 2.49. The normalized spacial score (nSPS) is 19.7. The summed E-state index contributed by atoms with van der Waals surface area (Å²) in [5.41, 5.74) is 2.22. The molecule has 1 atom stereocenters. The predicted molar refractivity (Wildman–Crippen MR) is 118 cm³/mol. The molecule has 0 bridgehead atoms. The van der Waals surface area contributed by atoms with Crippen LogP contribution in [0.2, 0.25) is 0 Å². The van der Waals surface area contributed by atoms with Gasteiger partial charge < -0.3 is 9.52 Å². The van der Waals surface area contributed by atoms with Crippen LogP contribution in [0.1, 0.15) is 47.1 Å². The van der Waals surface area contributed by atoms with E-state index in [0.29, 0.717) is 17.4 Å². The van der Waals surface area contributed by atoms with Crippen molar-refractivity contribution in [2.75, 3.05) is 4.90 Å². The van der Waals surface area contributed by atoms with Gasteiger partial charge in [-0.05, 0) is 74.1 Å². The summed E-state index contributed by atoms with van der Waals surface area (Å²) in [6.45, 7) is 1.69. The van der Waals surface area contributed by atoms with Crippen LogP contribution in [-0.4, -0.2) is 16.8 Å². The van der Waals surface area contributed by atoms with E-state index in [1.54, 1.807) is 25.1 Å². The lowest BCUT2D eigenvalue weighted by Crippen LogP contribution is -2.30. The Kier molecular flexibility index (Phi) is 5.12. The number of amides is 1. The van der Waals surface area contributed by atoms with Crippen molar-refractivity contribution in [1.82, 2.24) is 0 Å². The molecule has 1 aliphatic carbocycles. The standard InChI is InChI=1S/C26H21F2NO4/c1-14-6-11-21(33-14)23-22(24(30)17-8-7-15-4-2-3-5-16(15)12-17)25(31)26(32)29(23)20-10-9-18(27)13-19(20)28/h6-13,23,30H,2-5H2,1H3/b24-22-. The Morgan fingerprint density at radius 2 is 1.76 bits per heavy atom. The lowest BCUT2D eigenvalue weighted by Gasteiger charge is -2.24. The van der Waals surface area contributed by atoms with Crippen molar-refractivity contribution < 1.29 is 27.9 Å². The number of aliphatic hydroxyl groups is 1. The summed E-state index contributed by atoms with van der Waals surface area (Å²) in [7, 11) is 0. The molecule has 1 N–H and O–H groups in total. The number of aryl methyl sites for hydroxylation is 3. The molecule has 1 amide bonds. The maximum atomic E-state index is 14.7. The van der Waals surface area contributed by atoms with Gasteiger partial charge >= 0.3 is 0 Å². The fourth-order valence-corrected chi connectivity index (χ4v) is 4.66. The molecule has 1 fully saturated rings. The fourth-order valence-electron chi connectivity index (χ4n) is 4.66. The van der Waals surface area contributed by atoms with E-state index < -0.39 is 29.4 Å². The maximum absolute atomic E-state index is 14.7. The van der Waals surface area contributed by atoms with Crippen molar-refractivity contribution in [1.29, 1.82) is 0 Å². The molecule has 168 valence electrons. The van der Waals surface area contributed by atoms with Crippen LogP contribution in [0.4, 0.5) is 14.5 Å². The molecular weight excluding hydrogens is 428 g/mol. The number of ketones is 1. The highest BCUT2D eigenvalue weighted by molar-refractivity contribution is 6.51. The van der Waals surface area contributed by atoms with Crippen LogP contribution in [-0.2, 0) is 22.4 Å². The second-order valence-electron chi connectivity index (χ2n) is 8.40. The van der Waals surface area contributed by atoms with Gasteiger partial charge in [-0.2, -0.15) is 0 Å². The molecule has 1 saturated heterocycles. The minimum absolute atomic E-state index is 0.190. The summed E-state index contributed by atoms with van der Waals surface area (Å²) in [6, 6.07) is 10.2. The van der Waals surface area contributed by atoms with Crippen LogP contribution in [0.5, 0.6) is 0 Å². The molecule has 2 heterocycles. The number of Topliss-reactive ketones (excluding diaryl/α,β-unsaturated/α-hetero) is 1. The summed E-state index contributed by atoms with van der Waals surface area (Å²) in [4.78, 5) is 27.1. The first kappa shape index (κ1) is 21.1. The Morgan fingerprint density at radius 1 is 1.00 bits per heavy atom. The van der Waals surface area contributed by atoms with Crippen LogP contribution in [0, 0.1) is 18.6 Å². The number of nitrogens with zero attached hydrogens (tertiary/aromatic N) is 1. The van der Waals surface area contributed by atoms with Crippen molar-refractivity contribution in [2.45, 2.75) is 38.6 Å². The van der Waals surface area contributed by atoms with Gasteiger partial charge in [-0.15, -0.1) is 0 Å². The Hall–Kier alpha value is -3.74. The van der Waals surface area contributed by atoms with Gasteiger partial charge in [0.15, 0.2) is 0 Å². The van der Waals surface area contributed by atoms with Gasteiger partial charge in [-0.25, -0.2) is 8.78 Å². The molecular formula is C26H21F2NO4. The smallest absolute Gasteiger partial charge is 0.300 e. The zero-order valence-electron chi connectivity index (χ0n) is 17.9. The number of rotatable bonds is 3. The molecule has 3 aromatic rings. The number of hydrogen-bond acceptors (Lipinski definition) is 4. The number of halogens is 2. The molecule has 7 heteroatoms. The minimum atomic E-state index is -1.20. The number of carbonyl (C=O) groups excluding carboxylic acids is 2. The quantitative estimate of drug-likeness (QED) is 0.332. The average molecular weight is 449 g/mol. The van der Waals surface area contributed by atoms with Crippen LogP contribution in [0.25, 0.3) is 5.76 Å². The van der Waals surface area contributed by atoms with Crippen molar-refractivity contribution in [3.8, 4) is 0 Å². The molecule has 33 heavy (non-hydrogen) atoms. The van der Waals surface area contributed by atoms with Gasteiger partial charge in [-0.3, -0.25) is 14.5 Å². The van der Waals surface area contributed by atoms with Crippen LogP contribution in [0.3, 0.4) is 0 Å². The zero-order valence-corrected chi connectivity index (χ0v) is 17.9. The average Bonchev–Trinajstić information content (AvgIpc) is 3.34. The molecule has 1 unspecified atom stereocenters. The minimum Gasteiger partial charge on any atom is -0.507 e.